The van der Waals surface area contributed by atoms with Crippen LogP contribution in [-0.2, 0) is 6.42 Å². The van der Waals surface area contributed by atoms with E-state index in [-0.39, 0.29) is 0 Å². The second-order valence-electron chi connectivity index (χ2n) is 6.32. The predicted octanol–water partition coefficient (Wildman–Crippen LogP) is 4.38. The molecule has 0 fully saturated rings. The summed E-state index contributed by atoms with van der Waals surface area (Å²) in [5.41, 5.74) is 4.04. The summed E-state index contributed by atoms with van der Waals surface area (Å²) in [6.45, 7) is 6.32. The normalized spacial score (nSPS) is 11.2. The molecule has 1 N–H and O–H groups in total. The minimum atomic E-state index is -0.441. The lowest BCUT2D eigenvalue weighted by atomic mass is 9.95. The van der Waals surface area contributed by atoms with E-state index in [4.69, 9.17) is 0 Å². The molecule has 3 aromatic carbocycles. The molecule has 0 aliphatic carbocycles. The summed E-state index contributed by atoms with van der Waals surface area (Å²) < 4.78 is 0. The Balaban J connectivity index is 1.98. The average molecular weight is 319 g/mol. The van der Waals surface area contributed by atoms with E-state index in [1.54, 1.807) is 0 Å². The van der Waals surface area contributed by atoms with Gasteiger partial charge in [-0.05, 0) is 35.1 Å². The van der Waals surface area contributed by atoms with E-state index < -0.39 is 10.9 Å². The van der Waals surface area contributed by atoms with Gasteiger partial charge in [0.25, 0.3) is 5.43 Å². The monoisotopic (exact) mass is 319 g/mol. The summed E-state index contributed by atoms with van der Waals surface area (Å²) >= 11 is 0. The van der Waals surface area contributed by atoms with Gasteiger partial charge in [-0.3, -0.25) is 9.59 Å². The zero-order valence-electron chi connectivity index (χ0n) is 14.2. The standard InChI is InChI=1S/C21H21NO2/c1-4-14-7-5-6-8-17(14)22-19-18(20(23)21(19)24)16-11-9-15(10-12-16)13(2)3/h5-13,22H,4H2,1-3H3. The molecule has 0 unspecified atom stereocenters. The zero-order valence-corrected chi connectivity index (χ0v) is 14.2. The van der Waals surface area contributed by atoms with Crippen molar-refractivity contribution in [1.29, 1.82) is 0 Å². The highest BCUT2D eigenvalue weighted by molar-refractivity contribution is 5.85. The molecule has 0 atom stereocenters. The van der Waals surface area contributed by atoms with E-state index in [9.17, 15) is 9.59 Å². The highest BCUT2D eigenvalue weighted by Gasteiger charge is 2.22. The Kier molecular flexibility index (Phi) is 4.34. The maximum atomic E-state index is 12.1. The van der Waals surface area contributed by atoms with E-state index in [2.05, 4.69) is 26.1 Å². The summed E-state index contributed by atoms with van der Waals surface area (Å²) in [6, 6.07) is 15.7. The third kappa shape index (κ3) is 2.78. The van der Waals surface area contributed by atoms with Gasteiger partial charge in [0.1, 0.15) is 5.69 Å². The molecule has 24 heavy (non-hydrogen) atoms. The molecule has 3 heteroatoms. The zero-order chi connectivity index (χ0) is 17.3. The van der Waals surface area contributed by atoms with Gasteiger partial charge in [-0.2, -0.15) is 0 Å². The molecule has 0 aromatic heterocycles. The molecule has 0 aliphatic rings. The van der Waals surface area contributed by atoms with Crippen LogP contribution in [0.3, 0.4) is 0 Å². The van der Waals surface area contributed by atoms with Crippen molar-refractivity contribution >= 4 is 11.4 Å². The maximum absolute atomic E-state index is 12.1. The summed E-state index contributed by atoms with van der Waals surface area (Å²) in [4.78, 5) is 24.1. The number of benzene rings is 2. The van der Waals surface area contributed by atoms with Gasteiger partial charge in [0.2, 0.25) is 5.43 Å². The Morgan fingerprint density at radius 1 is 0.917 bits per heavy atom. The highest BCUT2D eigenvalue weighted by Crippen LogP contribution is 2.29. The lowest BCUT2D eigenvalue weighted by Crippen LogP contribution is -2.35. The summed E-state index contributed by atoms with van der Waals surface area (Å²) in [7, 11) is 0. The second-order valence-corrected chi connectivity index (χ2v) is 6.32. The first-order valence-corrected chi connectivity index (χ1v) is 8.31. The van der Waals surface area contributed by atoms with Crippen molar-refractivity contribution < 1.29 is 0 Å². The Labute approximate surface area is 141 Å². The number of aryl methyl sites for hydroxylation is 1. The van der Waals surface area contributed by atoms with Crippen LogP contribution in [0.2, 0.25) is 0 Å². The fraction of sp³-hybridized carbons (Fsp3) is 0.238. The van der Waals surface area contributed by atoms with Crippen molar-refractivity contribution in [2.75, 3.05) is 5.32 Å². The molecule has 0 amide bonds. The topological polar surface area (TPSA) is 46.2 Å². The first kappa shape index (κ1) is 16.2. The highest BCUT2D eigenvalue weighted by atomic mass is 16.2. The second kappa shape index (κ2) is 6.44. The number of anilines is 2. The molecule has 0 saturated heterocycles. The van der Waals surface area contributed by atoms with Crippen molar-refractivity contribution in [1.82, 2.24) is 0 Å². The molecular formula is C21H21NO2. The molecule has 0 radical (unpaired) electrons. The largest absolute Gasteiger partial charge is 0.351 e. The average Bonchev–Trinajstić information content (AvgIpc) is 2.61. The molecule has 0 heterocycles. The molecular weight excluding hydrogens is 298 g/mol. The van der Waals surface area contributed by atoms with Crippen molar-refractivity contribution in [3.05, 3.63) is 80.1 Å². The Hall–Kier alpha value is -2.68. The molecule has 3 nitrogen and oxygen atoms in total. The van der Waals surface area contributed by atoms with Gasteiger partial charge in [-0.25, -0.2) is 0 Å². The van der Waals surface area contributed by atoms with Crippen LogP contribution in [0.4, 0.5) is 11.4 Å². The van der Waals surface area contributed by atoms with E-state index in [0.29, 0.717) is 17.2 Å². The Morgan fingerprint density at radius 3 is 2.21 bits per heavy atom. The number of nitrogens with one attached hydrogen (secondary N) is 1. The lowest BCUT2D eigenvalue weighted by Gasteiger charge is -2.16. The van der Waals surface area contributed by atoms with Crippen LogP contribution in [0.1, 0.15) is 37.8 Å². The van der Waals surface area contributed by atoms with Gasteiger partial charge in [-0.1, -0.05) is 63.2 Å². The molecule has 3 rings (SSSR count). The third-order valence-electron chi connectivity index (χ3n) is 4.43. The molecule has 3 aromatic rings. The first-order chi connectivity index (χ1) is 11.5. The molecule has 0 saturated carbocycles. The van der Waals surface area contributed by atoms with Gasteiger partial charge >= 0.3 is 0 Å². The van der Waals surface area contributed by atoms with E-state index in [0.717, 1.165) is 23.2 Å². The van der Waals surface area contributed by atoms with Crippen LogP contribution in [0, 0.1) is 0 Å². The number of hydrogen-bond acceptors (Lipinski definition) is 3. The Bertz CT molecular complexity index is 929. The van der Waals surface area contributed by atoms with Crippen molar-refractivity contribution in [2.24, 2.45) is 0 Å². The van der Waals surface area contributed by atoms with Crippen LogP contribution in [0.25, 0.3) is 11.1 Å². The van der Waals surface area contributed by atoms with Crippen LogP contribution < -0.4 is 16.2 Å². The fourth-order valence-electron chi connectivity index (χ4n) is 2.91. The minimum absolute atomic E-state index is 0.401. The molecule has 0 bridgehead atoms. The first-order valence-electron chi connectivity index (χ1n) is 8.31. The maximum Gasteiger partial charge on any atom is 0.250 e. The number of rotatable bonds is 5. The van der Waals surface area contributed by atoms with Crippen molar-refractivity contribution in [3.8, 4) is 11.1 Å². The molecule has 0 spiro atoms. The predicted molar refractivity (Wildman–Crippen MR) is 100.0 cm³/mol. The van der Waals surface area contributed by atoms with Crippen molar-refractivity contribution in [2.45, 2.75) is 33.1 Å². The van der Waals surface area contributed by atoms with Crippen LogP contribution in [0.5, 0.6) is 0 Å². The summed E-state index contributed by atoms with van der Waals surface area (Å²) in [5, 5.41) is 3.17. The summed E-state index contributed by atoms with van der Waals surface area (Å²) in [5.74, 6) is 0.431. The smallest absolute Gasteiger partial charge is 0.250 e. The van der Waals surface area contributed by atoms with Gasteiger partial charge in [0.15, 0.2) is 0 Å². The third-order valence-corrected chi connectivity index (χ3v) is 4.43. The quantitative estimate of drug-likeness (QED) is 0.710. The van der Waals surface area contributed by atoms with Gasteiger partial charge in [0.05, 0.1) is 5.56 Å². The number of hydrogen-bond donors (Lipinski definition) is 1. The lowest BCUT2D eigenvalue weighted by molar-refractivity contribution is 0.867. The Morgan fingerprint density at radius 2 is 1.58 bits per heavy atom. The fourth-order valence-corrected chi connectivity index (χ4v) is 2.91. The van der Waals surface area contributed by atoms with Crippen LogP contribution in [-0.4, -0.2) is 0 Å². The number of para-hydroxylation sites is 1. The van der Waals surface area contributed by atoms with Gasteiger partial charge in [0, 0.05) is 5.69 Å². The van der Waals surface area contributed by atoms with E-state index in [1.807, 2.05) is 48.5 Å². The van der Waals surface area contributed by atoms with Gasteiger partial charge in [-0.15, -0.1) is 0 Å². The SMILES string of the molecule is CCc1ccccc1Nc1c(-c2ccc(C(C)C)cc2)c(=O)c1=O. The van der Waals surface area contributed by atoms with E-state index in [1.165, 1.54) is 5.56 Å². The van der Waals surface area contributed by atoms with E-state index >= 15 is 0 Å². The van der Waals surface area contributed by atoms with Crippen LogP contribution >= 0.6 is 0 Å². The summed E-state index contributed by atoms with van der Waals surface area (Å²) in [6.07, 6.45) is 0.858. The minimum Gasteiger partial charge on any atom is -0.351 e. The molecule has 122 valence electrons. The van der Waals surface area contributed by atoms with Crippen molar-refractivity contribution in [3.63, 3.8) is 0 Å². The van der Waals surface area contributed by atoms with Gasteiger partial charge < -0.3 is 5.32 Å². The molecule has 0 aliphatic heterocycles. The van der Waals surface area contributed by atoms with Crippen LogP contribution in [0.15, 0.2) is 58.1 Å².